The van der Waals surface area contributed by atoms with Crippen molar-refractivity contribution in [2.45, 2.75) is 4.90 Å². The number of halogens is 1. The van der Waals surface area contributed by atoms with Crippen molar-refractivity contribution in [2.75, 3.05) is 11.1 Å². The average Bonchev–Trinajstić information content (AvgIpc) is 3.02. The predicted octanol–water partition coefficient (Wildman–Crippen LogP) is 4.12. The number of aromatic nitrogens is 2. The molecule has 23 heavy (non-hydrogen) atoms. The van der Waals surface area contributed by atoms with E-state index in [2.05, 4.69) is 15.5 Å². The SMILES string of the molecule is O=C(CSc1ccccc1)Nc1nnc(-c2cccc(Cl)c2)o1. The van der Waals surface area contributed by atoms with E-state index in [-0.39, 0.29) is 17.7 Å². The maximum Gasteiger partial charge on any atom is 0.322 e. The van der Waals surface area contributed by atoms with Crippen LogP contribution in [-0.4, -0.2) is 21.9 Å². The van der Waals surface area contributed by atoms with Gasteiger partial charge in [-0.15, -0.1) is 16.9 Å². The fourth-order valence-electron chi connectivity index (χ4n) is 1.83. The van der Waals surface area contributed by atoms with E-state index in [9.17, 15) is 4.79 Å². The minimum Gasteiger partial charge on any atom is -0.403 e. The zero-order chi connectivity index (χ0) is 16.1. The van der Waals surface area contributed by atoms with Crippen molar-refractivity contribution in [3.05, 3.63) is 59.6 Å². The number of nitrogens with zero attached hydrogens (tertiary/aromatic N) is 2. The third kappa shape index (κ3) is 4.34. The van der Waals surface area contributed by atoms with E-state index in [0.29, 0.717) is 16.5 Å². The summed E-state index contributed by atoms with van der Waals surface area (Å²) in [6.45, 7) is 0. The molecule has 0 saturated carbocycles. The van der Waals surface area contributed by atoms with E-state index in [1.165, 1.54) is 11.8 Å². The Bertz CT molecular complexity index is 808. The Morgan fingerprint density at radius 1 is 1.13 bits per heavy atom. The molecule has 0 radical (unpaired) electrons. The minimum absolute atomic E-state index is 0.0682. The molecule has 0 aliphatic carbocycles. The smallest absolute Gasteiger partial charge is 0.322 e. The Morgan fingerprint density at radius 2 is 1.96 bits per heavy atom. The molecule has 0 bridgehead atoms. The van der Waals surface area contributed by atoms with Crippen molar-refractivity contribution in [3.63, 3.8) is 0 Å². The summed E-state index contributed by atoms with van der Waals surface area (Å²) in [5, 5.41) is 10.9. The van der Waals surface area contributed by atoms with Crippen LogP contribution in [0.15, 0.2) is 63.9 Å². The van der Waals surface area contributed by atoms with Gasteiger partial charge in [0.05, 0.1) is 5.75 Å². The molecule has 0 spiro atoms. The molecule has 3 rings (SSSR count). The molecule has 0 aliphatic rings. The van der Waals surface area contributed by atoms with Gasteiger partial charge in [0.2, 0.25) is 11.8 Å². The van der Waals surface area contributed by atoms with Crippen molar-refractivity contribution in [1.29, 1.82) is 0 Å². The molecule has 0 aliphatic heterocycles. The molecule has 3 aromatic rings. The van der Waals surface area contributed by atoms with Crippen LogP contribution in [-0.2, 0) is 4.79 Å². The standard InChI is InChI=1S/C16H12ClN3O2S/c17-12-6-4-5-11(9-12)15-19-20-16(22-15)18-14(21)10-23-13-7-2-1-3-8-13/h1-9H,10H2,(H,18,20,21). The second-order valence-electron chi connectivity index (χ2n) is 4.57. The van der Waals surface area contributed by atoms with Crippen LogP contribution in [0.2, 0.25) is 5.02 Å². The first-order valence-electron chi connectivity index (χ1n) is 6.78. The van der Waals surface area contributed by atoms with Crippen LogP contribution in [0, 0.1) is 0 Å². The maximum atomic E-state index is 11.9. The first-order chi connectivity index (χ1) is 11.2. The Balaban J connectivity index is 1.59. The quantitative estimate of drug-likeness (QED) is 0.704. The molecule has 116 valence electrons. The molecule has 2 aromatic carbocycles. The average molecular weight is 346 g/mol. The highest BCUT2D eigenvalue weighted by molar-refractivity contribution is 8.00. The lowest BCUT2D eigenvalue weighted by molar-refractivity contribution is -0.113. The summed E-state index contributed by atoms with van der Waals surface area (Å²) in [6.07, 6.45) is 0. The summed E-state index contributed by atoms with van der Waals surface area (Å²) in [7, 11) is 0. The third-order valence-corrected chi connectivity index (χ3v) is 4.10. The van der Waals surface area contributed by atoms with Gasteiger partial charge in [0, 0.05) is 15.5 Å². The molecule has 1 amide bonds. The fourth-order valence-corrected chi connectivity index (χ4v) is 2.74. The van der Waals surface area contributed by atoms with E-state index in [0.717, 1.165) is 4.90 Å². The largest absolute Gasteiger partial charge is 0.403 e. The Hall–Kier alpha value is -2.31. The molecule has 1 N–H and O–H groups in total. The van der Waals surface area contributed by atoms with Crippen LogP contribution in [0.3, 0.4) is 0 Å². The summed E-state index contributed by atoms with van der Waals surface area (Å²) in [5.41, 5.74) is 0.698. The molecule has 1 heterocycles. The van der Waals surface area contributed by atoms with Crippen LogP contribution >= 0.6 is 23.4 Å². The Kier molecular flexibility index (Phi) is 4.95. The van der Waals surface area contributed by atoms with Crippen molar-refractivity contribution < 1.29 is 9.21 Å². The lowest BCUT2D eigenvalue weighted by Crippen LogP contribution is -2.14. The zero-order valence-electron chi connectivity index (χ0n) is 11.9. The highest BCUT2D eigenvalue weighted by Crippen LogP contribution is 2.23. The third-order valence-electron chi connectivity index (χ3n) is 2.86. The van der Waals surface area contributed by atoms with Crippen molar-refractivity contribution in [2.24, 2.45) is 0 Å². The van der Waals surface area contributed by atoms with Gasteiger partial charge in [0.1, 0.15) is 0 Å². The van der Waals surface area contributed by atoms with Crippen molar-refractivity contribution >= 4 is 35.3 Å². The van der Waals surface area contributed by atoms with Gasteiger partial charge in [-0.25, -0.2) is 0 Å². The number of amides is 1. The Morgan fingerprint density at radius 3 is 2.74 bits per heavy atom. The molecule has 7 heteroatoms. The second kappa shape index (κ2) is 7.30. The van der Waals surface area contributed by atoms with Crippen molar-refractivity contribution in [1.82, 2.24) is 10.2 Å². The van der Waals surface area contributed by atoms with E-state index < -0.39 is 0 Å². The maximum absolute atomic E-state index is 11.9. The number of carbonyl (C=O) groups excluding carboxylic acids is 1. The highest BCUT2D eigenvalue weighted by atomic mass is 35.5. The Labute approximate surface area is 142 Å². The van der Waals surface area contributed by atoms with Gasteiger partial charge < -0.3 is 4.42 Å². The van der Waals surface area contributed by atoms with Gasteiger partial charge in [0.25, 0.3) is 0 Å². The number of rotatable bonds is 5. The van der Waals surface area contributed by atoms with Crippen molar-refractivity contribution in [3.8, 4) is 11.5 Å². The summed E-state index contributed by atoms with van der Waals surface area (Å²) in [5.74, 6) is 0.359. The van der Waals surface area contributed by atoms with E-state index in [1.54, 1.807) is 24.3 Å². The number of thioether (sulfide) groups is 1. The monoisotopic (exact) mass is 345 g/mol. The van der Waals surface area contributed by atoms with Crippen LogP contribution in [0.1, 0.15) is 0 Å². The summed E-state index contributed by atoms with van der Waals surface area (Å²) in [4.78, 5) is 12.9. The molecule has 0 unspecified atom stereocenters. The predicted molar refractivity (Wildman–Crippen MR) is 90.5 cm³/mol. The second-order valence-corrected chi connectivity index (χ2v) is 6.06. The molecular formula is C16H12ClN3O2S. The number of benzene rings is 2. The molecule has 0 saturated heterocycles. The molecule has 1 aromatic heterocycles. The minimum atomic E-state index is -0.208. The van der Waals surface area contributed by atoms with Gasteiger partial charge in [-0.3, -0.25) is 10.1 Å². The topological polar surface area (TPSA) is 68.0 Å². The molecule has 0 atom stereocenters. The van der Waals surface area contributed by atoms with E-state index >= 15 is 0 Å². The van der Waals surface area contributed by atoms with Gasteiger partial charge in [0.15, 0.2) is 0 Å². The van der Waals surface area contributed by atoms with Gasteiger partial charge in [-0.2, -0.15) is 0 Å². The lowest BCUT2D eigenvalue weighted by Gasteiger charge is -2.01. The normalized spacial score (nSPS) is 10.5. The highest BCUT2D eigenvalue weighted by Gasteiger charge is 2.11. The van der Waals surface area contributed by atoms with E-state index in [4.69, 9.17) is 16.0 Å². The fraction of sp³-hybridized carbons (Fsp3) is 0.0625. The number of carbonyl (C=O) groups is 1. The molecular weight excluding hydrogens is 334 g/mol. The van der Waals surface area contributed by atoms with Gasteiger partial charge in [-0.1, -0.05) is 41.0 Å². The van der Waals surface area contributed by atoms with Crippen LogP contribution < -0.4 is 5.32 Å². The summed E-state index contributed by atoms with van der Waals surface area (Å²) >= 11 is 7.36. The number of nitrogens with one attached hydrogen (secondary N) is 1. The molecule has 5 nitrogen and oxygen atoms in total. The van der Waals surface area contributed by atoms with Crippen LogP contribution in [0.25, 0.3) is 11.5 Å². The van der Waals surface area contributed by atoms with Gasteiger partial charge >= 0.3 is 6.01 Å². The van der Waals surface area contributed by atoms with E-state index in [1.807, 2.05) is 30.3 Å². The van der Waals surface area contributed by atoms with Gasteiger partial charge in [-0.05, 0) is 30.3 Å². The number of anilines is 1. The van der Waals surface area contributed by atoms with Crippen LogP contribution in [0.4, 0.5) is 6.01 Å². The zero-order valence-corrected chi connectivity index (χ0v) is 13.5. The lowest BCUT2D eigenvalue weighted by atomic mass is 10.2. The van der Waals surface area contributed by atoms with Crippen LogP contribution in [0.5, 0.6) is 0 Å². The first kappa shape index (κ1) is 15.6. The molecule has 0 fully saturated rings. The number of hydrogen-bond acceptors (Lipinski definition) is 5. The summed E-state index contributed by atoms with van der Waals surface area (Å²) in [6, 6.07) is 16.8. The summed E-state index contributed by atoms with van der Waals surface area (Å²) < 4.78 is 5.43. The number of hydrogen-bond donors (Lipinski definition) is 1. The first-order valence-corrected chi connectivity index (χ1v) is 8.14.